The molecule has 5 nitrogen and oxygen atoms in total. The topological polar surface area (TPSA) is 89.5 Å². The molecule has 0 saturated carbocycles. The summed E-state index contributed by atoms with van der Waals surface area (Å²) in [6.07, 6.45) is -0.0301. The van der Waals surface area contributed by atoms with Gasteiger partial charge in [0.25, 0.3) is 0 Å². The summed E-state index contributed by atoms with van der Waals surface area (Å²) in [5.74, 6) is 0. The van der Waals surface area contributed by atoms with Crippen LogP contribution < -0.4 is 34.9 Å². The van der Waals surface area contributed by atoms with Crippen molar-refractivity contribution in [3.8, 4) is 0 Å². The van der Waals surface area contributed by atoms with Crippen LogP contribution in [0.25, 0.3) is 0 Å². The van der Waals surface area contributed by atoms with E-state index in [2.05, 4.69) is 5.32 Å². The molecule has 12 heavy (non-hydrogen) atoms. The van der Waals surface area contributed by atoms with Crippen molar-refractivity contribution in [3.05, 3.63) is 0 Å². The van der Waals surface area contributed by atoms with E-state index in [-0.39, 0.29) is 42.4 Å². The van der Waals surface area contributed by atoms with Crippen LogP contribution in [0.2, 0.25) is 0 Å². The van der Waals surface area contributed by atoms with Crippen LogP contribution in [-0.2, 0) is 10.1 Å². The van der Waals surface area contributed by atoms with Gasteiger partial charge in [-0.1, -0.05) is 0 Å². The molecule has 0 aromatic rings. The zero-order valence-corrected chi connectivity index (χ0v) is 9.73. The van der Waals surface area contributed by atoms with Gasteiger partial charge in [-0.25, -0.2) is 8.42 Å². The molecule has 7 heteroatoms. The monoisotopic (exact) mass is 203 g/mol. The van der Waals surface area contributed by atoms with Crippen molar-refractivity contribution >= 4 is 10.1 Å². The van der Waals surface area contributed by atoms with Crippen molar-refractivity contribution in [2.75, 3.05) is 13.1 Å². The van der Waals surface area contributed by atoms with Gasteiger partial charge in [-0.3, -0.25) is 0 Å². The Labute approximate surface area is 93.6 Å². The van der Waals surface area contributed by atoms with Gasteiger partial charge in [0.1, 0.15) is 10.1 Å². The maximum atomic E-state index is 10.5. The van der Waals surface area contributed by atoms with Crippen molar-refractivity contribution in [3.63, 3.8) is 0 Å². The minimum absolute atomic E-state index is 0. The molecule has 1 saturated heterocycles. The van der Waals surface area contributed by atoms with Crippen LogP contribution in [0.4, 0.5) is 0 Å². The first-order chi connectivity index (χ1) is 4.96. The Morgan fingerprint density at radius 1 is 1.33 bits per heavy atom. The van der Waals surface area contributed by atoms with Crippen LogP contribution in [-0.4, -0.2) is 36.1 Å². The molecule has 0 aliphatic carbocycles. The molecule has 0 atom stereocenters. The van der Waals surface area contributed by atoms with E-state index in [9.17, 15) is 18.1 Å². The number of aliphatic hydroxyl groups is 1. The van der Waals surface area contributed by atoms with E-state index in [1.165, 1.54) is 0 Å². The largest absolute Gasteiger partial charge is 1.00 e. The molecule has 0 radical (unpaired) electrons. The predicted octanol–water partition coefficient (Wildman–Crippen LogP) is -4.39. The van der Waals surface area contributed by atoms with Gasteiger partial charge in [0.05, 0.1) is 0 Å². The summed E-state index contributed by atoms with van der Waals surface area (Å²) in [7, 11) is -4.56. The van der Waals surface area contributed by atoms with Gasteiger partial charge >= 0.3 is 29.6 Å². The Hall–Kier alpha value is 0.830. The van der Waals surface area contributed by atoms with Crippen LogP contribution in [0, 0.1) is 0 Å². The number of nitrogens with one attached hydrogen (secondary N) is 1. The van der Waals surface area contributed by atoms with Gasteiger partial charge in [0.2, 0.25) is 0 Å². The molecule has 0 bridgehead atoms. The van der Waals surface area contributed by atoms with E-state index in [1.807, 2.05) is 0 Å². The molecular weight excluding hydrogens is 193 g/mol. The second-order valence-corrected chi connectivity index (χ2v) is 4.32. The maximum absolute atomic E-state index is 10.5. The fraction of sp³-hybridized carbons (Fsp3) is 1.00. The molecule has 0 aromatic carbocycles. The summed E-state index contributed by atoms with van der Waals surface area (Å²) in [6.45, 7) is 0.746. The Morgan fingerprint density at radius 3 is 2.00 bits per heavy atom. The third-order valence-corrected chi connectivity index (χ3v) is 3.19. The van der Waals surface area contributed by atoms with E-state index in [0.717, 1.165) is 0 Å². The zero-order chi connectivity index (χ0) is 8.54. The van der Waals surface area contributed by atoms with Gasteiger partial charge in [0, 0.05) is 12.8 Å². The second kappa shape index (κ2) is 4.36. The maximum Gasteiger partial charge on any atom is 1.00 e. The summed E-state index contributed by atoms with van der Waals surface area (Å²) in [4.78, 5) is -2.03. The van der Waals surface area contributed by atoms with Gasteiger partial charge < -0.3 is 15.0 Å². The van der Waals surface area contributed by atoms with Gasteiger partial charge in [-0.15, -0.1) is 0 Å². The Morgan fingerprint density at radius 2 is 1.75 bits per heavy atom. The molecule has 0 aromatic heterocycles. The van der Waals surface area contributed by atoms with Crippen molar-refractivity contribution in [1.29, 1.82) is 0 Å². The zero-order valence-electron chi connectivity index (χ0n) is 6.91. The number of hydrogen-bond donors (Lipinski definition) is 2. The van der Waals surface area contributed by atoms with Crippen molar-refractivity contribution in [1.82, 2.24) is 5.32 Å². The predicted molar refractivity (Wildman–Crippen MR) is 36.8 cm³/mol. The normalized spacial score (nSPS) is 22.8. The SMILES string of the molecule is O=S(=O)([O-])C1(O)CCNCC1.[Na+]. The molecule has 1 rings (SSSR count). The number of hydrogen-bond acceptors (Lipinski definition) is 5. The van der Waals surface area contributed by atoms with E-state index in [0.29, 0.717) is 13.1 Å². The third-order valence-electron chi connectivity index (χ3n) is 1.85. The molecule has 2 N–H and O–H groups in total. The average Bonchev–Trinajstić information content (AvgIpc) is 1.87. The second-order valence-electron chi connectivity index (χ2n) is 2.65. The average molecular weight is 203 g/mol. The smallest absolute Gasteiger partial charge is 0.746 e. The van der Waals surface area contributed by atoms with Crippen molar-refractivity contribution in [2.24, 2.45) is 0 Å². The number of piperidine rings is 1. The standard InChI is InChI=1S/C5H11NO4S.Na/c7-5(11(8,9)10)1-3-6-4-2-5;/h6-7H,1-4H2,(H,8,9,10);/q;+1/p-1. The van der Waals surface area contributed by atoms with Crippen LogP contribution in [0.3, 0.4) is 0 Å². The molecule has 1 aliphatic heterocycles. The summed E-state index contributed by atoms with van der Waals surface area (Å²) in [5, 5.41) is 12.1. The fourth-order valence-corrected chi connectivity index (χ4v) is 1.77. The van der Waals surface area contributed by atoms with Crippen LogP contribution in [0.1, 0.15) is 12.8 Å². The summed E-state index contributed by atoms with van der Waals surface area (Å²) >= 11 is 0. The van der Waals surface area contributed by atoms with Crippen LogP contribution in [0.15, 0.2) is 0 Å². The molecular formula is C5H10NNaO4S. The minimum Gasteiger partial charge on any atom is -0.746 e. The van der Waals surface area contributed by atoms with Gasteiger partial charge in [-0.05, 0) is 13.1 Å². The third kappa shape index (κ3) is 2.66. The van der Waals surface area contributed by atoms with E-state index < -0.39 is 15.1 Å². The number of rotatable bonds is 1. The first kappa shape index (κ1) is 12.8. The molecule has 0 amide bonds. The Kier molecular flexibility index (Phi) is 4.67. The van der Waals surface area contributed by atoms with E-state index >= 15 is 0 Å². The van der Waals surface area contributed by atoms with Crippen LogP contribution in [0.5, 0.6) is 0 Å². The summed E-state index contributed by atoms with van der Waals surface area (Å²) in [6, 6.07) is 0. The molecule has 1 heterocycles. The van der Waals surface area contributed by atoms with Crippen molar-refractivity contribution < 1.29 is 47.6 Å². The molecule has 1 aliphatic rings. The van der Waals surface area contributed by atoms with E-state index in [1.54, 1.807) is 0 Å². The quantitative estimate of drug-likeness (QED) is 0.332. The van der Waals surface area contributed by atoms with Crippen molar-refractivity contribution in [2.45, 2.75) is 17.8 Å². The first-order valence-electron chi connectivity index (χ1n) is 3.34. The molecule has 66 valence electrons. The Balaban J connectivity index is 0.00000121. The minimum atomic E-state index is -4.56. The van der Waals surface area contributed by atoms with Gasteiger partial charge in [0.15, 0.2) is 4.93 Å². The first-order valence-corrected chi connectivity index (χ1v) is 4.75. The fourth-order valence-electron chi connectivity index (χ4n) is 1.07. The molecule has 1 fully saturated rings. The van der Waals surface area contributed by atoms with E-state index in [4.69, 9.17) is 0 Å². The summed E-state index contributed by atoms with van der Waals surface area (Å²) in [5.41, 5.74) is 0. The van der Waals surface area contributed by atoms with Gasteiger partial charge in [-0.2, -0.15) is 0 Å². The molecule has 0 unspecified atom stereocenters. The van der Waals surface area contributed by atoms with Crippen LogP contribution >= 0.6 is 0 Å². The summed E-state index contributed by atoms with van der Waals surface area (Å²) < 4.78 is 31.4. The Bertz CT molecular complexity index is 234. The molecule has 0 spiro atoms.